The summed E-state index contributed by atoms with van der Waals surface area (Å²) in [6, 6.07) is 16.7. The molecule has 0 aliphatic heterocycles. The Balaban J connectivity index is 1.37. The molecule has 0 fully saturated rings. The Hall–Kier alpha value is -2.81. The normalized spacial score (nSPS) is 17.6. The highest BCUT2D eigenvalue weighted by atomic mass is 19.2. The summed E-state index contributed by atoms with van der Waals surface area (Å²) in [6.45, 7) is 4.18. The van der Waals surface area contributed by atoms with Crippen molar-refractivity contribution in [3.05, 3.63) is 106 Å². The minimum atomic E-state index is -0.768. The van der Waals surface area contributed by atoms with Crippen molar-refractivity contribution in [2.45, 2.75) is 71.1 Å². The summed E-state index contributed by atoms with van der Waals surface area (Å²) in [7, 11) is 0. The Labute approximate surface area is 207 Å². The summed E-state index contributed by atoms with van der Waals surface area (Å²) in [6.07, 6.45) is 11.3. The third-order valence-corrected chi connectivity index (χ3v) is 7.39. The van der Waals surface area contributed by atoms with Gasteiger partial charge in [-0.1, -0.05) is 81.0 Å². The molecule has 4 rings (SSSR count). The number of hydrogen-bond acceptors (Lipinski definition) is 0. The van der Waals surface area contributed by atoms with E-state index in [4.69, 9.17) is 0 Å². The first-order valence-corrected chi connectivity index (χ1v) is 13.0. The summed E-state index contributed by atoms with van der Waals surface area (Å²) in [5.41, 5.74) is 4.42. The molecule has 3 aromatic carbocycles. The highest BCUT2D eigenvalue weighted by molar-refractivity contribution is 5.65. The van der Waals surface area contributed by atoms with Gasteiger partial charge >= 0.3 is 0 Å². The molecule has 0 aromatic heterocycles. The molecule has 0 bridgehead atoms. The second-order valence-corrected chi connectivity index (χ2v) is 9.77. The van der Waals surface area contributed by atoms with Crippen molar-refractivity contribution in [3.8, 4) is 11.1 Å². The molecule has 0 saturated heterocycles. The van der Waals surface area contributed by atoms with Gasteiger partial charge in [0.1, 0.15) is 5.82 Å². The van der Waals surface area contributed by atoms with E-state index in [1.807, 2.05) is 30.3 Å². The molecule has 0 spiro atoms. The van der Waals surface area contributed by atoms with Crippen LogP contribution in [0.25, 0.3) is 11.1 Å². The van der Waals surface area contributed by atoms with Crippen LogP contribution in [-0.4, -0.2) is 0 Å². The third-order valence-electron chi connectivity index (χ3n) is 7.39. The number of hydrogen-bond donors (Lipinski definition) is 0. The van der Waals surface area contributed by atoms with E-state index in [0.717, 1.165) is 56.1 Å². The van der Waals surface area contributed by atoms with Gasteiger partial charge in [0.05, 0.1) is 0 Å². The lowest BCUT2D eigenvalue weighted by Gasteiger charge is -2.23. The summed E-state index contributed by atoms with van der Waals surface area (Å²) >= 11 is 0. The quantitative estimate of drug-likeness (QED) is 0.270. The van der Waals surface area contributed by atoms with Gasteiger partial charge in [-0.05, 0) is 84.7 Å². The number of allylic oxidation sites excluding steroid dienone is 2. The summed E-state index contributed by atoms with van der Waals surface area (Å²) < 4.78 is 44.2. The van der Waals surface area contributed by atoms with E-state index in [1.54, 1.807) is 18.2 Å². The average Bonchev–Trinajstić information content (AvgIpc) is 2.89. The van der Waals surface area contributed by atoms with Crippen LogP contribution in [0, 0.1) is 23.4 Å². The van der Waals surface area contributed by atoms with Crippen molar-refractivity contribution in [1.82, 2.24) is 0 Å². The van der Waals surface area contributed by atoms with Gasteiger partial charge in [0.2, 0.25) is 0 Å². The molecule has 0 heterocycles. The highest BCUT2D eigenvalue weighted by Crippen LogP contribution is 2.34. The van der Waals surface area contributed by atoms with Gasteiger partial charge in [0.15, 0.2) is 11.6 Å². The van der Waals surface area contributed by atoms with Gasteiger partial charge in [-0.15, -0.1) is 0 Å². The van der Waals surface area contributed by atoms with Crippen LogP contribution in [0.1, 0.15) is 74.1 Å². The first kappa shape index (κ1) is 25.3. The Bertz CT molecular complexity index is 1160. The maximum absolute atomic E-state index is 14.9. The standard InChI is InChI=1S/C32H35F3/c1-3-5-6-26-17-18-28(21-30(26)33)24-12-9-23(10-13-24)11-16-27-19-20-29(32(35)31(27)34)25-14-7-22(4-2)8-15-25/h7-9,12,14-15,17-21,23-24H,3-6,10-11,13,16H2,1-2H3. The summed E-state index contributed by atoms with van der Waals surface area (Å²) in [5.74, 6) is -1.07. The number of benzene rings is 3. The van der Waals surface area contributed by atoms with E-state index >= 15 is 0 Å². The fraction of sp³-hybridized carbons (Fsp3) is 0.375. The van der Waals surface area contributed by atoms with Crippen molar-refractivity contribution in [3.63, 3.8) is 0 Å². The van der Waals surface area contributed by atoms with Crippen LogP contribution in [0.4, 0.5) is 13.2 Å². The molecule has 0 radical (unpaired) electrons. The fourth-order valence-electron chi connectivity index (χ4n) is 5.03. The molecule has 0 nitrogen and oxygen atoms in total. The molecule has 184 valence electrons. The van der Waals surface area contributed by atoms with Gasteiger partial charge < -0.3 is 0 Å². The second-order valence-electron chi connectivity index (χ2n) is 9.77. The predicted molar refractivity (Wildman–Crippen MR) is 139 cm³/mol. The Kier molecular flexibility index (Phi) is 8.49. The van der Waals surface area contributed by atoms with E-state index < -0.39 is 11.6 Å². The molecular weight excluding hydrogens is 441 g/mol. The summed E-state index contributed by atoms with van der Waals surface area (Å²) in [4.78, 5) is 0. The highest BCUT2D eigenvalue weighted by Gasteiger charge is 2.20. The Morgan fingerprint density at radius 2 is 1.54 bits per heavy atom. The molecule has 0 N–H and O–H groups in total. The second kappa shape index (κ2) is 11.7. The zero-order valence-corrected chi connectivity index (χ0v) is 20.8. The van der Waals surface area contributed by atoms with E-state index in [1.165, 1.54) is 5.56 Å². The number of aryl methyl sites for hydroxylation is 3. The maximum Gasteiger partial charge on any atom is 0.166 e. The lowest BCUT2D eigenvalue weighted by molar-refractivity contribution is 0.465. The van der Waals surface area contributed by atoms with E-state index in [0.29, 0.717) is 29.0 Å². The van der Waals surface area contributed by atoms with Crippen LogP contribution >= 0.6 is 0 Å². The van der Waals surface area contributed by atoms with Crippen LogP contribution in [-0.2, 0) is 19.3 Å². The molecule has 35 heavy (non-hydrogen) atoms. The monoisotopic (exact) mass is 476 g/mol. The van der Waals surface area contributed by atoms with Crippen molar-refractivity contribution in [2.75, 3.05) is 0 Å². The minimum Gasteiger partial charge on any atom is -0.207 e. The number of unbranched alkanes of at least 4 members (excludes halogenated alkanes) is 1. The van der Waals surface area contributed by atoms with E-state index in [2.05, 4.69) is 32.1 Å². The van der Waals surface area contributed by atoms with Gasteiger partial charge in [-0.2, -0.15) is 0 Å². The van der Waals surface area contributed by atoms with Crippen LogP contribution in [0.15, 0.2) is 66.7 Å². The van der Waals surface area contributed by atoms with Crippen molar-refractivity contribution >= 4 is 0 Å². The molecule has 2 unspecified atom stereocenters. The van der Waals surface area contributed by atoms with E-state index in [-0.39, 0.29) is 11.7 Å². The van der Waals surface area contributed by atoms with E-state index in [9.17, 15) is 13.2 Å². The minimum absolute atomic E-state index is 0.103. The number of halogens is 3. The zero-order valence-electron chi connectivity index (χ0n) is 20.8. The largest absolute Gasteiger partial charge is 0.207 e. The topological polar surface area (TPSA) is 0 Å². The first-order chi connectivity index (χ1) is 17.0. The maximum atomic E-state index is 14.9. The average molecular weight is 477 g/mol. The predicted octanol–water partition coefficient (Wildman–Crippen LogP) is 9.36. The van der Waals surface area contributed by atoms with Gasteiger partial charge in [-0.25, -0.2) is 13.2 Å². The van der Waals surface area contributed by atoms with Gasteiger partial charge in [0.25, 0.3) is 0 Å². The third kappa shape index (κ3) is 6.07. The smallest absolute Gasteiger partial charge is 0.166 e. The molecule has 0 amide bonds. The lowest BCUT2D eigenvalue weighted by Crippen LogP contribution is -2.10. The zero-order chi connectivity index (χ0) is 24.8. The van der Waals surface area contributed by atoms with Gasteiger partial charge in [-0.3, -0.25) is 0 Å². The lowest BCUT2D eigenvalue weighted by atomic mass is 9.82. The molecule has 3 aromatic rings. The molecule has 0 saturated carbocycles. The van der Waals surface area contributed by atoms with Crippen molar-refractivity contribution < 1.29 is 13.2 Å². The van der Waals surface area contributed by atoms with Crippen LogP contribution in [0.2, 0.25) is 0 Å². The summed E-state index contributed by atoms with van der Waals surface area (Å²) in [5, 5.41) is 0. The van der Waals surface area contributed by atoms with Crippen LogP contribution < -0.4 is 0 Å². The molecule has 3 heteroatoms. The fourth-order valence-corrected chi connectivity index (χ4v) is 5.03. The Morgan fingerprint density at radius 3 is 2.20 bits per heavy atom. The SMILES string of the molecule is CCCCc1ccc(C2C=CC(CCc3ccc(-c4ccc(CC)cc4)c(F)c3F)CC2)cc1F. The van der Waals surface area contributed by atoms with Crippen LogP contribution in [0.5, 0.6) is 0 Å². The first-order valence-electron chi connectivity index (χ1n) is 13.0. The van der Waals surface area contributed by atoms with Crippen molar-refractivity contribution in [2.24, 2.45) is 5.92 Å². The molecule has 1 aliphatic rings. The van der Waals surface area contributed by atoms with Crippen molar-refractivity contribution in [1.29, 1.82) is 0 Å². The number of rotatable bonds is 9. The molecular formula is C32H35F3. The molecule has 2 atom stereocenters. The van der Waals surface area contributed by atoms with Gasteiger partial charge in [0, 0.05) is 11.5 Å². The van der Waals surface area contributed by atoms with Crippen LogP contribution in [0.3, 0.4) is 0 Å². The Morgan fingerprint density at radius 1 is 0.771 bits per heavy atom. The molecule has 1 aliphatic carbocycles.